The van der Waals surface area contributed by atoms with Crippen LogP contribution >= 0.6 is 27.5 Å². The van der Waals surface area contributed by atoms with Crippen molar-refractivity contribution < 1.29 is 14.5 Å². The fourth-order valence-corrected chi connectivity index (χ4v) is 2.49. The van der Waals surface area contributed by atoms with Gasteiger partial charge in [0.1, 0.15) is 5.02 Å². The monoisotopic (exact) mass is 406 g/mol. The van der Waals surface area contributed by atoms with Gasteiger partial charge in [-0.15, -0.1) is 0 Å². The van der Waals surface area contributed by atoms with E-state index >= 15 is 0 Å². The third kappa shape index (κ3) is 3.37. The molecule has 0 bridgehead atoms. The Labute approximate surface area is 149 Å². The van der Waals surface area contributed by atoms with Crippen LogP contribution < -0.4 is 0 Å². The van der Waals surface area contributed by atoms with E-state index in [2.05, 4.69) is 20.9 Å². The minimum atomic E-state index is -0.620. The first-order chi connectivity index (χ1) is 11.4. The molecule has 0 radical (unpaired) electrons. The quantitative estimate of drug-likeness (QED) is 0.328. The van der Waals surface area contributed by atoms with E-state index < -0.39 is 10.9 Å². The van der Waals surface area contributed by atoms with Crippen molar-refractivity contribution in [3.63, 3.8) is 0 Å². The van der Waals surface area contributed by atoms with Crippen LogP contribution in [0.1, 0.15) is 11.1 Å². The zero-order chi connectivity index (χ0) is 17.3. The van der Waals surface area contributed by atoms with Gasteiger partial charge in [0.2, 0.25) is 5.90 Å². The number of carbonyl (C=O) groups excluding carboxylic acids is 1. The summed E-state index contributed by atoms with van der Waals surface area (Å²) in [4.78, 5) is 26.4. The van der Waals surface area contributed by atoms with Gasteiger partial charge in [0.25, 0.3) is 5.69 Å². The van der Waals surface area contributed by atoms with E-state index in [1.165, 1.54) is 18.2 Å². The Morgan fingerprint density at radius 3 is 2.58 bits per heavy atom. The van der Waals surface area contributed by atoms with E-state index in [1.807, 2.05) is 0 Å². The molecule has 0 aliphatic carbocycles. The summed E-state index contributed by atoms with van der Waals surface area (Å²) in [7, 11) is 0. The number of nitro groups is 1. The van der Waals surface area contributed by atoms with Crippen LogP contribution in [0.15, 0.2) is 57.6 Å². The molecule has 0 N–H and O–H groups in total. The number of nitro benzene ring substituents is 1. The van der Waals surface area contributed by atoms with Crippen molar-refractivity contribution in [1.82, 2.24) is 0 Å². The van der Waals surface area contributed by atoms with E-state index in [0.29, 0.717) is 11.1 Å². The van der Waals surface area contributed by atoms with E-state index in [-0.39, 0.29) is 22.3 Å². The maximum atomic E-state index is 11.9. The maximum absolute atomic E-state index is 11.9. The SMILES string of the molecule is O=C1OC(c2ccc(Br)cc2)=N/C1=C/c1ccc(Cl)c([N+](=O)[O-])c1. The molecule has 3 rings (SSSR count). The number of nitrogens with zero attached hydrogens (tertiary/aromatic N) is 2. The first-order valence-corrected chi connectivity index (χ1v) is 7.83. The molecule has 120 valence electrons. The van der Waals surface area contributed by atoms with Crippen molar-refractivity contribution in [2.75, 3.05) is 0 Å². The average molecular weight is 408 g/mol. The number of hydrogen-bond donors (Lipinski definition) is 0. The van der Waals surface area contributed by atoms with E-state index in [1.54, 1.807) is 30.3 Å². The van der Waals surface area contributed by atoms with Gasteiger partial charge in [0.05, 0.1) is 4.92 Å². The van der Waals surface area contributed by atoms with Gasteiger partial charge < -0.3 is 4.74 Å². The van der Waals surface area contributed by atoms with Crippen LogP contribution in [0.25, 0.3) is 6.08 Å². The molecule has 2 aromatic carbocycles. The van der Waals surface area contributed by atoms with Crippen LogP contribution in [0.3, 0.4) is 0 Å². The highest BCUT2D eigenvalue weighted by atomic mass is 79.9. The van der Waals surface area contributed by atoms with Crippen LogP contribution in [0.5, 0.6) is 0 Å². The summed E-state index contributed by atoms with van der Waals surface area (Å²) in [6, 6.07) is 11.3. The van der Waals surface area contributed by atoms with Gasteiger partial charge in [-0.05, 0) is 42.0 Å². The van der Waals surface area contributed by atoms with Crippen LogP contribution in [0.4, 0.5) is 5.69 Å². The van der Waals surface area contributed by atoms with Gasteiger partial charge in [0, 0.05) is 16.1 Å². The van der Waals surface area contributed by atoms with Crippen molar-refractivity contribution >= 4 is 51.2 Å². The third-order valence-electron chi connectivity index (χ3n) is 3.18. The van der Waals surface area contributed by atoms with Crippen molar-refractivity contribution in [2.45, 2.75) is 0 Å². The molecular weight excluding hydrogens is 400 g/mol. The van der Waals surface area contributed by atoms with Crippen LogP contribution in [0.2, 0.25) is 5.02 Å². The summed E-state index contributed by atoms with van der Waals surface area (Å²) >= 11 is 9.09. The molecule has 1 aliphatic heterocycles. The Kier molecular flexibility index (Phi) is 4.46. The lowest BCUT2D eigenvalue weighted by atomic mass is 10.1. The molecule has 0 atom stereocenters. The first-order valence-electron chi connectivity index (χ1n) is 6.66. The highest BCUT2D eigenvalue weighted by molar-refractivity contribution is 9.10. The van der Waals surface area contributed by atoms with Gasteiger partial charge in [0.15, 0.2) is 5.70 Å². The second-order valence-electron chi connectivity index (χ2n) is 4.81. The molecule has 0 fully saturated rings. The molecule has 0 unspecified atom stereocenters. The topological polar surface area (TPSA) is 81.8 Å². The van der Waals surface area contributed by atoms with Crippen molar-refractivity contribution in [3.05, 3.63) is 78.9 Å². The summed E-state index contributed by atoms with van der Waals surface area (Å²) in [5.41, 5.74) is 0.898. The van der Waals surface area contributed by atoms with Crippen LogP contribution in [-0.2, 0) is 9.53 Å². The molecular formula is C16H8BrClN2O4. The Morgan fingerprint density at radius 1 is 1.21 bits per heavy atom. The van der Waals surface area contributed by atoms with Crippen molar-refractivity contribution in [2.24, 2.45) is 4.99 Å². The van der Waals surface area contributed by atoms with E-state index in [4.69, 9.17) is 16.3 Å². The zero-order valence-electron chi connectivity index (χ0n) is 11.9. The number of hydrogen-bond acceptors (Lipinski definition) is 5. The third-order valence-corrected chi connectivity index (χ3v) is 4.03. The Hall–Kier alpha value is -2.51. The summed E-state index contributed by atoms with van der Waals surface area (Å²) in [5, 5.41) is 10.9. The molecule has 0 spiro atoms. The number of rotatable bonds is 3. The van der Waals surface area contributed by atoms with Gasteiger partial charge in [-0.3, -0.25) is 10.1 Å². The Balaban J connectivity index is 1.95. The van der Waals surface area contributed by atoms with E-state index in [9.17, 15) is 14.9 Å². The minimum Gasteiger partial charge on any atom is -0.402 e. The number of benzene rings is 2. The molecule has 0 saturated carbocycles. The lowest BCUT2D eigenvalue weighted by molar-refractivity contribution is -0.384. The molecule has 1 heterocycles. The number of cyclic esters (lactones) is 1. The predicted molar refractivity (Wildman–Crippen MR) is 92.9 cm³/mol. The Morgan fingerprint density at radius 2 is 1.92 bits per heavy atom. The first kappa shape index (κ1) is 16.4. The van der Waals surface area contributed by atoms with Gasteiger partial charge >= 0.3 is 5.97 Å². The standard InChI is InChI=1S/C16H8BrClN2O4/c17-11-4-2-10(3-5-11)15-19-13(16(21)24-15)7-9-1-6-12(18)14(8-9)20(22)23/h1-8H/b13-7+. The second-order valence-corrected chi connectivity index (χ2v) is 6.13. The number of halogens is 2. The number of ether oxygens (including phenoxy) is 1. The Bertz CT molecular complexity index is 907. The zero-order valence-corrected chi connectivity index (χ0v) is 14.2. The van der Waals surface area contributed by atoms with Crippen LogP contribution in [-0.4, -0.2) is 16.8 Å². The van der Waals surface area contributed by atoms with Crippen LogP contribution in [0, 0.1) is 10.1 Å². The fraction of sp³-hybridized carbons (Fsp3) is 0. The van der Waals surface area contributed by atoms with E-state index in [0.717, 1.165) is 4.47 Å². The second kappa shape index (κ2) is 6.54. The lowest BCUT2D eigenvalue weighted by Gasteiger charge is -1.98. The normalized spacial score (nSPS) is 15.3. The van der Waals surface area contributed by atoms with Gasteiger partial charge in [-0.1, -0.05) is 33.6 Å². The highest BCUT2D eigenvalue weighted by Gasteiger charge is 2.24. The number of aliphatic imine (C=N–C) groups is 1. The maximum Gasteiger partial charge on any atom is 0.363 e. The summed E-state index contributed by atoms with van der Waals surface area (Å²) in [5.74, 6) is -0.437. The molecule has 24 heavy (non-hydrogen) atoms. The molecule has 1 aliphatic rings. The van der Waals surface area contributed by atoms with Crippen molar-refractivity contribution in [1.29, 1.82) is 0 Å². The largest absolute Gasteiger partial charge is 0.402 e. The average Bonchev–Trinajstić information content (AvgIpc) is 2.90. The molecule has 0 aromatic heterocycles. The number of carbonyl (C=O) groups is 1. The summed E-state index contributed by atoms with van der Waals surface area (Å²) in [6.07, 6.45) is 1.41. The predicted octanol–water partition coefficient (Wildman–Crippen LogP) is 4.36. The number of esters is 1. The van der Waals surface area contributed by atoms with Gasteiger partial charge in [-0.2, -0.15) is 0 Å². The summed E-state index contributed by atoms with van der Waals surface area (Å²) < 4.78 is 6.03. The molecule has 8 heteroatoms. The lowest BCUT2D eigenvalue weighted by Crippen LogP contribution is -2.05. The van der Waals surface area contributed by atoms with Gasteiger partial charge in [-0.25, -0.2) is 9.79 Å². The fourth-order valence-electron chi connectivity index (χ4n) is 2.04. The summed E-state index contributed by atoms with van der Waals surface area (Å²) in [6.45, 7) is 0. The molecule has 2 aromatic rings. The molecule has 0 amide bonds. The molecule has 6 nitrogen and oxygen atoms in total. The highest BCUT2D eigenvalue weighted by Crippen LogP contribution is 2.27. The molecule has 0 saturated heterocycles. The minimum absolute atomic E-state index is 0.0233. The smallest absolute Gasteiger partial charge is 0.363 e. The van der Waals surface area contributed by atoms with Crippen molar-refractivity contribution in [3.8, 4) is 0 Å².